The van der Waals surface area contributed by atoms with E-state index in [0.29, 0.717) is 25.9 Å². The first-order chi connectivity index (χ1) is 11.1. The molecular weight excluding hydrogens is 286 g/mol. The van der Waals surface area contributed by atoms with Crippen LogP contribution in [0.15, 0.2) is 55.1 Å². The Morgan fingerprint density at radius 3 is 2.52 bits per heavy atom. The van der Waals surface area contributed by atoms with Gasteiger partial charge in [0.05, 0.1) is 0 Å². The smallest absolute Gasteiger partial charge is 0.234 e. The van der Waals surface area contributed by atoms with E-state index >= 15 is 0 Å². The third kappa shape index (κ3) is 3.86. The van der Waals surface area contributed by atoms with Crippen LogP contribution in [0.25, 0.3) is 6.08 Å². The van der Waals surface area contributed by atoms with Crippen molar-refractivity contribution in [2.45, 2.75) is 19.8 Å². The quantitative estimate of drug-likeness (QED) is 0.458. The molecule has 0 N–H and O–H groups in total. The molecule has 120 valence electrons. The average Bonchev–Trinajstić information content (AvgIpc) is 2.90. The Morgan fingerprint density at radius 1 is 1.26 bits per heavy atom. The van der Waals surface area contributed by atoms with Crippen molar-refractivity contribution in [3.05, 3.63) is 66.3 Å². The number of carbonyl (C=O) groups is 2. The molecule has 0 aromatic heterocycles. The van der Waals surface area contributed by atoms with E-state index in [1.165, 1.54) is 0 Å². The minimum Gasteiger partial charge on any atom is -0.335 e. The van der Waals surface area contributed by atoms with Crippen molar-refractivity contribution in [1.29, 1.82) is 0 Å². The Balaban J connectivity index is 2.18. The van der Waals surface area contributed by atoms with Gasteiger partial charge in [0.25, 0.3) is 0 Å². The monoisotopic (exact) mass is 309 g/mol. The van der Waals surface area contributed by atoms with E-state index in [2.05, 4.69) is 13.2 Å². The second-order valence-electron chi connectivity index (χ2n) is 5.80. The predicted molar refractivity (Wildman–Crippen MR) is 93.9 cm³/mol. The first-order valence-corrected chi connectivity index (χ1v) is 7.89. The second-order valence-corrected chi connectivity index (χ2v) is 5.80. The van der Waals surface area contributed by atoms with Crippen molar-refractivity contribution in [3.63, 3.8) is 0 Å². The Morgan fingerprint density at radius 2 is 1.91 bits per heavy atom. The number of amides is 1. The molecule has 1 amide bonds. The van der Waals surface area contributed by atoms with E-state index < -0.39 is 5.92 Å². The molecule has 3 heteroatoms. The lowest BCUT2D eigenvalue weighted by atomic mass is 10.0. The zero-order chi connectivity index (χ0) is 16.8. The number of allylic oxidation sites excluding steroid dienone is 1. The fraction of sp³-hybridized carbons (Fsp3) is 0.300. The van der Waals surface area contributed by atoms with Crippen LogP contribution in [0.1, 0.15) is 24.0 Å². The van der Waals surface area contributed by atoms with E-state index in [1.807, 2.05) is 37.3 Å². The van der Waals surface area contributed by atoms with Crippen LogP contribution in [0.4, 0.5) is 0 Å². The molecule has 23 heavy (non-hydrogen) atoms. The summed E-state index contributed by atoms with van der Waals surface area (Å²) in [4.78, 5) is 26.8. The minimum atomic E-state index is -0.565. The summed E-state index contributed by atoms with van der Waals surface area (Å²) in [5, 5.41) is 0. The number of Topliss-reactive ketones (excluding diaryl/α,β-unsaturated/α-hetero) is 1. The van der Waals surface area contributed by atoms with Gasteiger partial charge in [-0.15, -0.1) is 13.2 Å². The molecule has 2 rings (SSSR count). The number of hydrogen-bond acceptors (Lipinski definition) is 2. The van der Waals surface area contributed by atoms with Gasteiger partial charge in [-0.2, -0.15) is 0 Å². The van der Waals surface area contributed by atoms with Crippen molar-refractivity contribution in [1.82, 2.24) is 4.90 Å². The first-order valence-electron chi connectivity index (χ1n) is 7.89. The van der Waals surface area contributed by atoms with Crippen LogP contribution in [0, 0.1) is 12.8 Å². The fourth-order valence-corrected chi connectivity index (χ4v) is 2.88. The summed E-state index contributed by atoms with van der Waals surface area (Å²) in [6, 6.07) is 7.94. The maximum Gasteiger partial charge on any atom is 0.234 e. The molecule has 1 aromatic carbocycles. The van der Waals surface area contributed by atoms with Gasteiger partial charge in [0.2, 0.25) is 5.91 Å². The second kappa shape index (κ2) is 7.73. The number of rotatable bonds is 6. The van der Waals surface area contributed by atoms with E-state index in [1.54, 1.807) is 17.1 Å². The van der Waals surface area contributed by atoms with E-state index in [9.17, 15) is 9.59 Å². The number of hydrogen-bond donors (Lipinski definition) is 0. The average molecular weight is 309 g/mol. The van der Waals surface area contributed by atoms with E-state index in [0.717, 1.165) is 16.7 Å². The normalized spacial score (nSPS) is 18.9. The molecule has 0 radical (unpaired) electrons. The van der Waals surface area contributed by atoms with Gasteiger partial charge in [-0.25, -0.2) is 0 Å². The molecule has 1 saturated carbocycles. The van der Waals surface area contributed by atoms with Gasteiger partial charge < -0.3 is 4.90 Å². The molecule has 1 aliphatic carbocycles. The summed E-state index contributed by atoms with van der Waals surface area (Å²) in [6.07, 6.45) is 6.51. The van der Waals surface area contributed by atoms with Gasteiger partial charge in [-0.3, -0.25) is 9.59 Å². The highest BCUT2D eigenvalue weighted by Crippen LogP contribution is 2.30. The lowest BCUT2D eigenvalue weighted by Crippen LogP contribution is -2.38. The van der Waals surface area contributed by atoms with E-state index in [4.69, 9.17) is 0 Å². The Labute approximate surface area is 138 Å². The highest BCUT2D eigenvalue weighted by Gasteiger charge is 2.36. The van der Waals surface area contributed by atoms with E-state index in [-0.39, 0.29) is 11.7 Å². The third-order valence-corrected chi connectivity index (χ3v) is 4.16. The highest BCUT2D eigenvalue weighted by atomic mass is 16.2. The van der Waals surface area contributed by atoms with Crippen molar-refractivity contribution < 1.29 is 9.59 Å². The first kappa shape index (κ1) is 16.9. The summed E-state index contributed by atoms with van der Waals surface area (Å²) >= 11 is 0. The van der Waals surface area contributed by atoms with Crippen LogP contribution >= 0.6 is 0 Å². The van der Waals surface area contributed by atoms with Gasteiger partial charge in [0.15, 0.2) is 5.78 Å². The van der Waals surface area contributed by atoms with Crippen molar-refractivity contribution in [2.24, 2.45) is 5.92 Å². The molecule has 0 heterocycles. The molecule has 1 atom stereocenters. The molecule has 0 spiro atoms. The van der Waals surface area contributed by atoms with Gasteiger partial charge in [-0.1, -0.05) is 36.4 Å². The topological polar surface area (TPSA) is 37.4 Å². The van der Waals surface area contributed by atoms with Crippen molar-refractivity contribution in [2.75, 3.05) is 13.1 Å². The third-order valence-electron chi connectivity index (χ3n) is 4.16. The maximum absolute atomic E-state index is 12.6. The molecule has 1 unspecified atom stereocenters. The summed E-state index contributed by atoms with van der Waals surface area (Å²) in [5.74, 6) is -0.732. The summed E-state index contributed by atoms with van der Waals surface area (Å²) in [7, 11) is 0. The number of carbonyl (C=O) groups excluding carboxylic acids is 2. The SMILES string of the molecule is C=CCN(CC=C)C(=O)C1CC/C(=C\c2ccccc2C)C1=O. The van der Waals surface area contributed by atoms with Gasteiger partial charge in [0.1, 0.15) is 5.92 Å². The molecule has 1 aliphatic rings. The molecule has 0 bridgehead atoms. The summed E-state index contributed by atoms with van der Waals surface area (Å²) in [6.45, 7) is 10.2. The lowest BCUT2D eigenvalue weighted by Gasteiger charge is -2.22. The van der Waals surface area contributed by atoms with Crippen LogP contribution in [0.3, 0.4) is 0 Å². The molecule has 1 aromatic rings. The van der Waals surface area contributed by atoms with Crippen LogP contribution in [-0.4, -0.2) is 29.7 Å². The Hall–Kier alpha value is -2.42. The molecule has 3 nitrogen and oxygen atoms in total. The lowest BCUT2D eigenvalue weighted by molar-refractivity contribution is -0.138. The van der Waals surface area contributed by atoms with Gasteiger partial charge in [0, 0.05) is 13.1 Å². The summed E-state index contributed by atoms with van der Waals surface area (Å²) < 4.78 is 0. The zero-order valence-electron chi connectivity index (χ0n) is 13.6. The predicted octanol–water partition coefficient (Wildman–Crippen LogP) is 3.56. The molecule has 0 aliphatic heterocycles. The largest absolute Gasteiger partial charge is 0.335 e. The molecule has 1 fully saturated rings. The zero-order valence-corrected chi connectivity index (χ0v) is 13.6. The van der Waals surface area contributed by atoms with Gasteiger partial charge >= 0.3 is 0 Å². The fourth-order valence-electron chi connectivity index (χ4n) is 2.88. The number of ketones is 1. The van der Waals surface area contributed by atoms with Crippen molar-refractivity contribution in [3.8, 4) is 0 Å². The Kier molecular flexibility index (Phi) is 5.69. The summed E-state index contributed by atoms with van der Waals surface area (Å²) in [5.41, 5.74) is 2.91. The molecular formula is C20H23NO2. The number of benzene rings is 1. The van der Waals surface area contributed by atoms with Crippen LogP contribution < -0.4 is 0 Å². The highest BCUT2D eigenvalue weighted by molar-refractivity contribution is 6.13. The van der Waals surface area contributed by atoms with Crippen LogP contribution in [-0.2, 0) is 9.59 Å². The van der Waals surface area contributed by atoms with Gasteiger partial charge in [-0.05, 0) is 42.5 Å². The van der Waals surface area contributed by atoms with Crippen LogP contribution in [0.2, 0.25) is 0 Å². The number of aryl methyl sites for hydroxylation is 1. The van der Waals surface area contributed by atoms with Crippen LogP contribution in [0.5, 0.6) is 0 Å². The molecule has 0 saturated heterocycles. The Bertz CT molecular complexity index is 647. The standard InChI is InChI=1S/C20H23NO2/c1-4-12-21(13-5-2)20(23)18-11-10-17(19(18)22)14-16-9-7-6-8-15(16)3/h4-9,14,18H,1-2,10-13H2,3H3/b17-14+. The van der Waals surface area contributed by atoms with Crippen molar-refractivity contribution >= 4 is 17.8 Å². The maximum atomic E-state index is 12.6. The minimum absolute atomic E-state index is 0.0450. The number of nitrogens with zero attached hydrogens (tertiary/aromatic N) is 1.